The van der Waals surface area contributed by atoms with Gasteiger partial charge in [-0.25, -0.2) is 9.37 Å². The van der Waals surface area contributed by atoms with Gasteiger partial charge >= 0.3 is 0 Å². The van der Waals surface area contributed by atoms with E-state index in [1.807, 2.05) is 0 Å². The molecule has 0 amide bonds. The number of halogens is 1. The monoisotopic (exact) mass is 341 g/mol. The number of hydrogen-bond donors (Lipinski definition) is 2. The Morgan fingerprint density at radius 3 is 2.76 bits per heavy atom. The standard InChI is InChI=1S/C19H20FN3O2/c1-9-6-19(9)8-23-18-15(19)17(25-3)12(7-22-18)11-4-5-13(21)14(10(2)24)16(11)20/h4-5,7,9H,6,8,21H2,1-3H3,(H,22,23). The van der Waals surface area contributed by atoms with Crippen molar-refractivity contribution in [2.24, 2.45) is 5.92 Å². The lowest BCUT2D eigenvalue weighted by molar-refractivity contribution is 0.101. The molecule has 2 atom stereocenters. The Balaban J connectivity index is 1.96. The number of nitrogens with one attached hydrogen (secondary N) is 1. The van der Waals surface area contributed by atoms with Crippen molar-refractivity contribution in [1.82, 2.24) is 4.98 Å². The number of benzene rings is 1. The minimum Gasteiger partial charge on any atom is -0.496 e. The maximum absolute atomic E-state index is 15.0. The number of nitrogens with zero attached hydrogens (tertiary/aromatic N) is 1. The summed E-state index contributed by atoms with van der Waals surface area (Å²) in [5.41, 5.74) is 7.68. The summed E-state index contributed by atoms with van der Waals surface area (Å²) in [6.45, 7) is 4.32. The highest BCUT2D eigenvalue weighted by Crippen LogP contribution is 2.62. The van der Waals surface area contributed by atoms with Crippen LogP contribution in [0.4, 0.5) is 15.9 Å². The van der Waals surface area contributed by atoms with E-state index in [9.17, 15) is 4.79 Å². The summed E-state index contributed by atoms with van der Waals surface area (Å²) in [6.07, 6.45) is 2.65. The number of nitrogen functional groups attached to an aromatic ring is 1. The van der Waals surface area contributed by atoms with Gasteiger partial charge in [-0.3, -0.25) is 4.79 Å². The lowest BCUT2D eigenvalue weighted by Gasteiger charge is -2.18. The first-order valence-electron chi connectivity index (χ1n) is 8.31. The molecule has 3 N–H and O–H groups in total. The molecule has 2 unspecified atom stereocenters. The van der Waals surface area contributed by atoms with E-state index >= 15 is 4.39 Å². The minimum absolute atomic E-state index is 0.0113. The summed E-state index contributed by atoms with van der Waals surface area (Å²) in [7, 11) is 1.58. The number of Topliss-reactive ketones (excluding diaryl/α,β-unsaturated/α-hetero) is 1. The third-order valence-electron chi connectivity index (χ3n) is 5.57. The Kier molecular flexibility index (Phi) is 3.29. The Bertz CT molecular complexity index is 912. The van der Waals surface area contributed by atoms with Gasteiger partial charge in [-0.15, -0.1) is 0 Å². The molecule has 2 heterocycles. The van der Waals surface area contributed by atoms with E-state index in [1.165, 1.54) is 6.92 Å². The van der Waals surface area contributed by atoms with Crippen LogP contribution in [0, 0.1) is 11.7 Å². The topological polar surface area (TPSA) is 77.2 Å². The van der Waals surface area contributed by atoms with Crippen LogP contribution in [0.15, 0.2) is 18.3 Å². The molecule has 0 saturated heterocycles. The van der Waals surface area contributed by atoms with Gasteiger partial charge in [0, 0.05) is 40.5 Å². The number of carbonyl (C=O) groups is 1. The zero-order chi connectivity index (χ0) is 17.9. The molecule has 1 aromatic heterocycles. The molecule has 5 nitrogen and oxygen atoms in total. The number of rotatable bonds is 3. The van der Waals surface area contributed by atoms with E-state index in [0.29, 0.717) is 17.2 Å². The van der Waals surface area contributed by atoms with Crippen LogP contribution in [0.25, 0.3) is 11.1 Å². The number of nitrogens with two attached hydrogens (primary N) is 1. The first kappa shape index (κ1) is 15.9. The lowest BCUT2D eigenvalue weighted by atomic mass is 9.92. The van der Waals surface area contributed by atoms with Crippen molar-refractivity contribution in [3.63, 3.8) is 0 Å². The fourth-order valence-corrected chi connectivity index (χ4v) is 4.06. The zero-order valence-electron chi connectivity index (χ0n) is 14.4. The number of fused-ring (bicyclic) bond motifs is 2. The van der Waals surface area contributed by atoms with Crippen LogP contribution in [-0.4, -0.2) is 24.4 Å². The van der Waals surface area contributed by atoms with Crippen LogP contribution < -0.4 is 15.8 Å². The molecule has 1 aliphatic heterocycles. The molecule has 1 aromatic carbocycles. The Morgan fingerprint density at radius 1 is 1.44 bits per heavy atom. The molecule has 2 aliphatic rings. The number of pyridine rings is 1. The van der Waals surface area contributed by atoms with Crippen molar-refractivity contribution >= 4 is 17.3 Å². The van der Waals surface area contributed by atoms with E-state index in [1.54, 1.807) is 25.4 Å². The highest BCUT2D eigenvalue weighted by Gasteiger charge is 2.58. The second kappa shape index (κ2) is 5.18. The summed E-state index contributed by atoms with van der Waals surface area (Å²) < 4.78 is 20.7. The molecule has 1 saturated carbocycles. The zero-order valence-corrected chi connectivity index (χ0v) is 14.4. The average Bonchev–Trinajstić information content (AvgIpc) is 3.06. The van der Waals surface area contributed by atoms with Gasteiger partial charge in [0.05, 0.1) is 12.7 Å². The highest BCUT2D eigenvalue weighted by molar-refractivity contribution is 6.01. The molecule has 0 radical (unpaired) electrons. The Morgan fingerprint density at radius 2 is 2.16 bits per heavy atom. The maximum Gasteiger partial charge on any atom is 0.164 e. The molecule has 0 bridgehead atoms. The van der Waals surface area contributed by atoms with E-state index in [0.717, 1.165) is 24.3 Å². The summed E-state index contributed by atoms with van der Waals surface area (Å²) in [5.74, 6) is 0.914. The van der Waals surface area contributed by atoms with Gasteiger partial charge in [-0.1, -0.05) is 6.92 Å². The Labute approximate surface area is 145 Å². The average molecular weight is 341 g/mol. The number of anilines is 2. The van der Waals surface area contributed by atoms with Crippen molar-refractivity contribution < 1.29 is 13.9 Å². The second-order valence-corrected chi connectivity index (χ2v) is 6.99. The fourth-order valence-electron chi connectivity index (χ4n) is 4.06. The molecule has 1 fully saturated rings. The largest absolute Gasteiger partial charge is 0.496 e. The maximum atomic E-state index is 15.0. The molecule has 6 heteroatoms. The molecule has 4 rings (SSSR count). The predicted molar refractivity (Wildman–Crippen MR) is 94.5 cm³/mol. The number of aromatic nitrogens is 1. The molecule has 1 spiro atoms. The van der Waals surface area contributed by atoms with Gasteiger partial charge in [0.1, 0.15) is 17.4 Å². The first-order chi connectivity index (χ1) is 11.9. The van der Waals surface area contributed by atoms with Crippen LogP contribution in [-0.2, 0) is 5.41 Å². The lowest BCUT2D eigenvalue weighted by Crippen LogP contribution is -2.13. The fraction of sp³-hybridized carbons (Fsp3) is 0.368. The minimum atomic E-state index is -0.628. The molecular weight excluding hydrogens is 321 g/mol. The van der Waals surface area contributed by atoms with E-state index in [2.05, 4.69) is 17.2 Å². The number of carbonyl (C=O) groups excluding carboxylic acids is 1. The van der Waals surface area contributed by atoms with Crippen LogP contribution in [0.5, 0.6) is 5.75 Å². The van der Waals surface area contributed by atoms with Crippen molar-refractivity contribution in [3.8, 4) is 16.9 Å². The van der Waals surface area contributed by atoms with Crippen LogP contribution >= 0.6 is 0 Å². The van der Waals surface area contributed by atoms with Gasteiger partial charge in [0.25, 0.3) is 0 Å². The van der Waals surface area contributed by atoms with E-state index in [-0.39, 0.29) is 22.2 Å². The van der Waals surface area contributed by atoms with Crippen LogP contribution in [0.2, 0.25) is 0 Å². The number of hydrogen-bond acceptors (Lipinski definition) is 5. The molecule has 1 aliphatic carbocycles. The summed E-state index contributed by atoms with van der Waals surface area (Å²) in [5, 5.41) is 3.33. The summed E-state index contributed by atoms with van der Waals surface area (Å²) in [4.78, 5) is 16.3. The molecular formula is C19H20FN3O2. The van der Waals surface area contributed by atoms with Crippen LogP contribution in [0.3, 0.4) is 0 Å². The SMILES string of the molecule is COc1c(-c2ccc(N)c(C(C)=O)c2F)cnc2c1C1(CN2)CC1C. The Hall–Kier alpha value is -2.63. The van der Waals surface area contributed by atoms with Gasteiger partial charge in [-0.2, -0.15) is 0 Å². The van der Waals surface area contributed by atoms with E-state index in [4.69, 9.17) is 10.5 Å². The third-order valence-corrected chi connectivity index (χ3v) is 5.57. The summed E-state index contributed by atoms with van der Waals surface area (Å²) >= 11 is 0. The van der Waals surface area contributed by atoms with E-state index < -0.39 is 11.6 Å². The number of ether oxygens (including phenoxy) is 1. The predicted octanol–water partition coefficient (Wildman–Crippen LogP) is 3.38. The van der Waals surface area contributed by atoms with Gasteiger partial charge in [0.15, 0.2) is 5.78 Å². The first-order valence-corrected chi connectivity index (χ1v) is 8.31. The van der Waals surface area contributed by atoms with Crippen molar-refractivity contribution in [1.29, 1.82) is 0 Å². The quantitative estimate of drug-likeness (QED) is 0.661. The summed E-state index contributed by atoms with van der Waals surface area (Å²) in [6, 6.07) is 3.13. The normalized spacial score (nSPS) is 23.3. The van der Waals surface area contributed by atoms with Gasteiger partial charge < -0.3 is 15.8 Å². The van der Waals surface area contributed by atoms with Gasteiger partial charge in [0.2, 0.25) is 0 Å². The smallest absolute Gasteiger partial charge is 0.164 e. The van der Waals surface area contributed by atoms with Crippen LogP contribution in [0.1, 0.15) is 36.2 Å². The molecule has 25 heavy (non-hydrogen) atoms. The highest BCUT2D eigenvalue weighted by atomic mass is 19.1. The van der Waals surface area contributed by atoms with Crippen molar-refractivity contribution in [3.05, 3.63) is 35.3 Å². The van der Waals surface area contributed by atoms with Crippen molar-refractivity contribution in [2.45, 2.75) is 25.7 Å². The molecule has 130 valence electrons. The van der Waals surface area contributed by atoms with Gasteiger partial charge in [-0.05, 0) is 31.4 Å². The number of ketones is 1. The number of methoxy groups -OCH3 is 1. The second-order valence-electron chi connectivity index (χ2n) is 6.99. The van der Waals surface area contributed by atoms with Crippen molar-refractivity contribution in [2.75, 3.05) is 24.7 Å². The third kappa shape index (κ3) is 2.06. The molecule has 2 aromatic rings.